The van der Waals surface area contributed by atoms with E-state index in [0.29, 0.717) is 24.4 Å². The number of benzene rings is 1. The standard InChI is InChI=1S/C12H15N3OS/c1-15(7-3-6-13)12(16)9-17-11-5-2-4-10(14)8-11/h2,4-5,8H,3,7,9,14H2,1H3. The molecule has 0 saturated heterocycles. The van der Waals surface area contributed by atoms with Gasteiger partial charge in [0.05, 0.1) is 18.2 Å². The zero-order chi connectivity index (χ0) is 12.7. The predicted molar refractivity (Wildman–Crippen MR) is 69.4 cm³/mol. The molecule has 90 valence electrons. The molecule has 0 spiro atoms. The smallest absolute Gasteiger partial charge is 0.232 e. The van der Waals surface area contributed by atoms with E-state index in [9.17, 15) is 4.79 Å². The molecular weight excluding hydrogens is 234 g/mol. The van der Waals surface area contributed by atoms with E-state index in [2.05, 4.69) is 0 Å². The molecule has 0 heterocycles. The van der Waals surface area contributed by atoms with Crippen molar-refractivity contribution in [3.8, 4) is 6.07 Å². The van der Waals surface area contributed by atoms with Crippen molar-refractivity contribution in [2.75, 3.05) is 25.1 Å². The summed E-state index contributed by atoms with van der Waals surface area (Å²) in [5.74, 6) is 0.387. The van der Waals surface area contributed by atoms with Gasteiger partial charge < -0.3 is 10.6 Å². The fraction of sp³-hybridized carbons (Fsp3) is 0.333. The van der Waals surface area contributed by atoms with Gasteiger partial charge in [0.2, 0.25) is 5.91 Å². The first kappa shape index (κ1) is 13.4. The normalized spacial score (nSPS) is 9.65. The van der Waals surface area contributed by atoms with Crippen LogP contribution in [0, 0.1) is 11.3 Å². The van der Waals surface area contributed by atoms with Crippen molar-refractivity contribution >= 4 is 23.4 Å². The van der Waals surface area contributed by atoms with E-state index < -0.39 is 0 Å². The van der Waals surface area contributed by atoms with Crippen LogP contribution in [0.5, 0.6) is 0 Å². The van der Waals surface area contributed by atoms with Crippen LogP contribution in [-0.4, -0.2) is 30.2 Å². The Morgan fingerprint density at radius 3 is 3.00 bits per heavy atom. The maximum absolute atomic E-state index is 11.7. The number of nitriles is 1. The molecule has 0 bridgehead atoms. The summed E-state index contributed by atoms with van der Waals surface area (Å²) in [6.07, 6.45) is 0.366. The van der Waals surface area contributed by atoms with Gasteiger partial charge in [0.1, 0.15) is 0 Å². The molecular formula is C12H15N3OS. The van der Waals surface area contributed by atoms with Gasteiger partial charge in [-0.2, -0.15) is 5.26 Å². The van der Waals surface area contributed by atoms with E-state index in [1.54, 1.807) is 11.9 Å². The Balaban J connectivity index is 2.40. The van der Waals surface area contributed by atoms with Crippen molar-refractivity contribution in [1.82, 2.24) is 4.90 Å². The summed E-state index contributed by atoms with van der Waals surface area (Å²) in [5.41, 5.74) is 6.34. The molecule has 0 fully saturated rings. The average molecular weight is 249 g/mol. The highest BCUT2D eigenvalue weighted by Gasteiger charge is 2.08. The number of nitrogen functional groups attached to an aromatic ring is 1. The number of hydrogen-bond acceptors (Lipinski definition) is 4. The fourth-order valence-corrected chi connectivity index (χ4v) is 2.11. The third kappa shape index (κ3) is 4.79. The molecule has 4 nitrogen and oxygen atoms in total. The lowest BCUT2D eigenvalue weighted by Crippen LogP contribution is -2.29. The molecule has 1 aromatic carbocycles. The lowest BCUT2D eigenvalue weighted by atomic mass is 10.3. The van der Waals surface area contributed by atoms with Crippen molar-refractivity contribution in [3.05, 3.63) is 24.3 Å². The Bertz CT molecular complexity index is 428. The van der Waals surface area contributed by atoms with Gasteiger partial charge in [0.15, 0.2) is 0 Å². The van der Waals surface area contributed by atoms with Crippen molar-refractivity contribution in [2.24, 2.45) is 0 Å². The molecule has 0 aliphatic carbocycles. The number of anilines is 1. The third-order valence-electron chi connectivity index (χ3n) is 2.21. The zero-order valence-corrected chi connectivity index (χ0v) is 10.5. The van der Waals surface area contributed by atoms with Crippen LogP contribution in [0.1, 0.15) is 6.42 Å². The molecule has 5 heteroatoms. The van der Waals surface area contributed by atoms with E-state index in [0.717, 1.165) is 4.90 Å². The highest BCUT2D eigenvalue weighted by molar-refractivity contribution is 8.00. The van der Waals surface area contributed by atoms with Crippen LogP contribution in [0.3, 0.4) is 0 Å². The third-order valence-corrected chi connectivity index (χ3v) is 3.18. The second-order valence-corrected chi connectivity index (χ2v) is 4.63. The van der Waals surface area contributed by atoms with Crippen LogP contribution in [0.25, 0.3) is 0 Å². The van der Waals surface area contributed by atoms with Gasteiger partial charge in [-0.25, -0.2) is 0 Å². The molecule has 1 amide bonds. The summed E-state index contributed by atoms with van der Waals surface area (Å²) in [7, 11) is 1.71. The summed E-state index contributed by atoms with van der Waals surface area (Å²) in [6.45, 7) is 0.479. The van der Waals surface area contributed by atoms with Gasteiger partial charge in [-0.05, 0) is 18.2 Å². The minimum absolute atomic E-state index is 0.0210. The van der Waals surface area contributed by atoms with Gasteiger partial charge in [0.25, 0.3) is 0 Å². The Kier molecular flexibility index (Phi) is 5.37. The first-order valence-corrected chi connectivity index (χ1v) is 6.21. The van der Waals surface area contributed by atoms with Crippen LogP contribution < -0.4 is 5.73 Å². The minimum atomic E-state index is 0.0210. The Labute approximate surface area is 105 Å². The van der Waals surface area contributed by atoms with Gasteiger partial charge in [-0.3, -0.25) is 4.79 Å². The van der Waals surface area contributed by atoms with E-state index in [-0.39, 0.29) is 5.91 Å². The van der Waals surface area contributed by atoms with Crippen LogP contribution in [0.2, 0.25) is 0 Å². The summed E-state index contributed by atoms with van der Waals surface area (Å²) in [5, 5.41) is 8.43. The quantitative estimate of drug-likeness (QED) is 0.637. The summed E-state index contributed by atoms with van der Waals surface area (Å²) >= 11 is 1.45. The Morgan fingerprint density at radius 1 is 1.59 bits per heavy atom. The second-order valence-electron chi connectivity index (χ2n) is 3.58. The average Bonchev–Trinajstić information content (AvgIpc) is 2.33. The first-order valence-electron chi connectivity index (χ1n) is 5.22. The van der Waals surface area contributed by atoms with Crippen molar-refractivity contribution in [3.63, 3.8) is 0 Å². The van der Waals surface area contributed by atoms with Crippen molar-refractivity contribution in [1.29, 1.82) is 5.26 Å². The lowest BCUT2D eigenvalue weighted by molar-refractivity contribution is -0.127. The molecule has 0 saturated carbocycles. The predicted octanol–water partition coefficient (Wildman–Crippen LogP) is 1.73. The van der Waals surface area contributed by atoms with Crippen LogP contribution >= 0.6 is 11.8 Å². The zero-order valence-electron chi connectivity index (χ0n) is 9.72. The number of nitrogens with two attached hydrogens (primary N) is 1. The molecule has 0 aromatic heterocycles. The van der Waals surface area contributed by atoms with Crippen LogP contribution in [-0.2, 0) is 4.79 Å². The lowest BCUT2D eigenvalue weighted by Gasteiger charge is -2.14. The molecule has 1 rings (SSSR count). The largest absolute Gasteiger partial charge is 0.399 e. The first-order chi connectivity index (χ1) is 8.13. The van der Waals surface area contributed by atoms with E-state index >= 15 is 0 Å². The molecule has 17 heavy (non-hydrogen) atoms. The molecule has 0 atom stereocenters. The van der Waals surface area contributed by atoms with E-state index in [1.807, 2.05) is 30.3 Å². The second kappa shape index (κ2) is 6.81. The number of amides is 1. The number of thioether (sulfide) groups is 1. The summed E-state index contributed by atoms with van der Waals surface area (Å²) in [6, 6.07) is 9.45. The van der Waals surface area contributed by atoms with Gasteiger partial charge in [-0.15, -0.1) is 11.8 Å². The summed E-state index contributed by atoms with van der Waals surface area (Å²) in [4.78, 5) is 14.2. The number of hydrogen-bond donors (Lipinski definition) is 1. The van der Waals surface area contributed by atoms with Gasteiger partial charge in [0, 0.05) is 24.2 Å². The molecule has 0 aliphatic rings. The molecule has 1 aromatic rings. The van der Waals surface area contributed by atoms with E-state index in [4.69, 9.17) is 11.0 Å². The maximum atomic E-state index is 11.7. The monoisotopic (exact) mass is 249 g/mol. The van der Waals surface area contributed by atoms with Crippen LogP contribution in [0.4, 0.5) is 5.69 Å². The fourth-order valence-electron chi connectivity index (χ4n) is 1.20. The van der Waals surface area contributed by atoms with Crippen LogP contribution in [0.15, 0.2) is 29.2 Å². The molecule has 0 unspecified atom stereocenters. The number of rotatable bonds is 5. The number of carbonyl (C=O) groups excluding carboxylic acids is 1. The number of nitrogens with zero attached hydrogens (tertiary/aromatic N) is 2. The Morgan fingerprint density at radius 2 is 2.35 bits per heavy atom. The highest BCUT2D eigenvalue weighted by atomic mass is 32.2. The molecule has 0 radical (unpaired) electrons. The molecule has 2 N–H and O–H groups in total. The SMILES string of the molecule is CN(CCC#N)C(=O)CSc1cccc(N)c1. The van der Waals surface area contributed by atoms with E-state index in [1.165, 1.54) is 11.8 Å². The number of carbonyl (C=O) groups is 1. The maximum Gasteiger partial charge on any atom is 0.232 e. The highest BCUT2D eigenvalue weighted by Crippen LogP contribution is 2.20. The van der Waals surface area contributed by atoms with Gasteiger partial charge in [-0.1, -0.05) is 6.07 Å². The van der Waals surface area contributed by atoms with Crippen molar-refractivity contribution in [2.45, 2.75) is 11.3 Å². The topological polar surface area (TPSA) is 70.1 Å². The molecule has 0 aliphatic heterocycles. The minimum Gasteiger partial charge on any atom is -0.399 e. The Hall–Kier alpha value is -1.67. The summed E-state index contributed by atoms with van der Waals surface area (Å²) < 4.78 is 0. The van der Waals surface area contributed by atoms with Crippen molar-refractivity contribution < 1.29 is 4.79 Å². The van der Waals surface area contributed by atoms with Gasteiger partial charge >= 0.3 is 0 Å².